The SMILES string of the molecule is CC(C)(C)S(=O)(=O)Nc1ccc(C(F)(F)F)cc1C(=N)N. The van der Waals surface area contributed by atoms with Gasteiger partial charge in [0.15, 0.2) is 0 Å². The molecule has 21 heavy (non-hydrogen) atoms. The smallest absolute Gasteiger partial charge is 0.384 e. The summed E-state index contributed by atoms with van der Waals surface area (Å²) in [5.74, 6) is -0.660. The number of halogens is 3. The van der Waals surface area contributed by atoms with Crippen molar-refractivity contribution in [2.75, 3.05) is 4.72 Å². The largest absolute Gasteiger partial charge is 0.416 e. The predicted molar refractivity (Wildman–Crippen MR) is 74.8 cm³/mol. The van der Waals surface area contributed by atoms with Crippen molar-refractivity contribution in [1.29, 1.82) is 5.41 Å². The molecule has 5 nitrogen and oxygen atoms in total. The number of rotatable bonds is 3. The van der Waals surface area contributed by atoms with Gasteiger partial charge >= 0.3 is 6.18 Å². The molecule has 1 rings (SSSR count). The van der Waals surface area contributed by atoms with Crippen molar-refractivity contribution in [2.24, 2.45) is 5.73 Å². The Morgan fingerprint density at radius 2 is 1.76 bits per heavy atom. The Kier molecular flexibility index (Phi) is 4.29. The first-order valence-electron chi connectivity index (χ1n) is 5.84. The molecule has 4 N–H and O–H groups in total. The lowest BCUT2D eigenvalue weighted by atomic mass is 10.1. The maximum absolute atomic E-state index is 12.6. The molecule has 1 aromatic rings. The van der Waals surface area contributed by atoms with Crippen molar-refractivity contribution in [1.82, 2.24) is 0 Å². The van der Waals surface area contributed by atoms with Crippen LogP contribution in [0.1, 0.15) is 31.9 Å². The van der Waals surface area contributed by atoms with Gasteiger partial charge in [0.2, 0.25) is 10.0 Å². The second-order valence-electron chi connectivity index (χ2n) is 5.39. The van der Waals surface area contributed by atoms with Gasteiger partial charge in [0.25, 0.3) is 0 Å². The van der Waals surface area contributed by atoms with Gasteiger partial charge < -0.3 is 5.73 Å². The van der Waals surface area contributed by atoms with E-state index in [-0.39, 0.29) is 11.3 Å². The molecule has 0 saturated heterocycles. The van der Waals surface area contributed by atoms with E-state index in [0.717, 1.165) is 12.1 Å². The van der Waals surface area contributed by atoms with Gasteiger partial charge in [-0.05, 0) is 39.0 Å². The van der Waals surface area contributed by atoms with Gasteiger partial charge in [-0.3, -0.25) is 10.1 Å². The van der Waals surface area contributed by atoms with Crippen LogP contribution in [0.15, 0.2) is 18.2 Å². The zero-order valence-electron chi connectivity index (χ0n) is 11.7. The number of benzene rings is 1. The van der Waals surface area contributed by atoms with E-state index in [1.165, 1.54) is 20.8 Å². The van der Waals surface area contributed by atoms with Crippen molar-refractivity contribution in [3.8, 4) is 0 Å². The quantitative estimate of drug-likeness (QED) is 0.589. The molecular weight excluding hydrogens is 307 g/mol. The summed E-state index contributed by atoms with van der Waals surface area (Å²) in [6.45, 7) is 4.31. The first kappa shape index (κ1) is 17.3. The summed E-state index contributed by atoms with van der Waals surface area (Å²) in [4.78, 5) is 0. The zero-order chi connectivity index (χ0) is 16.6. The third-order valence-corrected chi connectivity index (χ3v) is 4.79. The van der Waals surface area contributed by atoms with E-state index in [0.29, 0.717) is 6.07 Å². The minimum Gasteiger partial charge on any atom is -0.384 e. The summed E-state index contributed by atoms with van der Waals surface area (Å²) in [6, 6.07) is 2.32. The van der Waals surface area contributed by atoms with E-state index in [4.69, 9.17) is 11.1 Å². The normalized spacial score (nSPS) is 13.0. The van der Waals surface area contributed by atoms with Crippen molar-refractivity contribution >= 4 is 21.5 Å². The van der Waals surface area contributed by atoms with E-state index in [1.807, 2.05) is 0 Å². The number of nitrogens with two attached hydrogens (primary N) is 1. The number of anilines is 1. The molecule has 0 unspecified atom stereocenters. The van der Waals surface area contributed by atoms with Crippen molar-refractivity contribution < 1.29 is 21.6 Å². The molecule has 0 saturated carbocycles. The summed E-state index contributed by atoms with van der Waals surface area (Å²) >= 11 is 0. The van der Waals surface area contributed by atoms with Crippen LogP contribution >= 0.6 is 0 Å². The molecule has 0 spiro atoms. The van der Waals surface area contributed by atoms with Gasteiger partial charge in [-0.1, -0.05) is 0 Å². The fraction of sp³-hybridized carbons (Fsp3) is 0.417. The van der Waals surface area contributed by atoms with Gasteiger partial charge in [-0.25, -0.2) is 8.42 Å². The Bertz CT molecular complexity index is 661. The molecule has 0 aliphatic rings. The van der Waals surface area contributed by atoms with E-state index >= 15 is 0 Å². The Hall–Kier alpha value is -1.77. The van der Waals surface area contributed by atoms with Crippen LogP contribution in [0.5, 0.6) is 0 Å². The summed E-state index contributed by atoms with van der Waals surface area (Å²) in [7, 11) is -3.84. The first-order chi connectivity index (χ1) is 9.25. The molecule has 0 aliphatic heterocycles. The second-order valence-corrected chi connectivity index (χ2v) is 7.83. The molecule has 0 amide bonds. The van der Waals surface area contributed by atoms with Crippen LogP contribution < -0.4 is 10.5 Å². The number of alkyl halides is 3. The predicted octanol–water partition coefficient (Wildman–Crippen LogP) is 2.53. The van der Waals surface area contributed by atoms with Crippen LogP contribution in [0.4, 0.5) is 18.9 Å². The maximum atomic E-state index is 12.6. The summed E-state index contributed by atoms with van der Waals surface area (Å²) in [6.07, 6.45) is -4.61. The van der Waals surface area contributed by atoms with Gasteiger partial charge in [-0.15, -0.1) is 0 Å². The van der Waals surface area contributed by atoms with Gasteiger partial charge in [0.1, 0.15) is 5.84 Å². The number of nitrogen functional groups attached to an aromatic ring is 1. The lowest BCUT2D eigenvalue weighted by molar-refractivity contribution is -0.137. The Morgan fingerprint density at radius 3 is 2.14 bits per heavy atom. The molecule has 0 aromatic heterocycles. The zero-order valence-corrected chi connectivity index (χ0v) is 12.5. The number of amidine groups is 1. The molecule has 0 fully saturated rings. The van der Waals surface area contributed by atoms with Crippen molar-refractivity contribution in [3.05, 3.63) is 29.3 Å². The maximum Gasteiger partial charge on any atom is 0.416 e. The second kappa shape index (κ2) is 5.21. The topological polar surface area (TPSA) is 96.0 Å². The van der Waals surface area contributed by atoms with Crippen LogP contribution in [-0.2, 0) is 16.2 Å². The molecule has 118 valence electrons. The average Bonchev–Trinajstić information content (AvgIpc) is 2.25. The third-order valence-electron chi connectivity index (χ3n) is 2.69. The fourth-order valence-corrected chi connectivity index (χ4v) is 2.10. The molecule has 1 aromatic carbocycles. The number of hydrogen-bond acceptors (Lipinski definition) is 3. The van der Waals surface area contributed by atoms with Crippen LogP contribution in [0, 0.1) is 5.41 Å². The highest BCUT2D eigenvalue weighted by Crippen LogP contribution is 2.32. The Balaban J connectivity index is 3.36. The highest BCUT2D eigenvalue weighted by molar-refractivity contribution is 7.94. The molecule has 0 bridgehead atoms. The lowest BCUT2D eigenvalue weighted by Gasteiger charge is -2.22. The number of sulfonamides is 1. The highest BCUT2D eigenvalue weighted by Gasteiger charge is 2.33. The number of nitrogens with one attached hydrogen (secondary N) is 2. The number of hydrogen-bond donors (Lipinski definition) is 3. The van der Waals surface area contributed by atoms with Gasteiger partial charge in [0.05, 0.1) is 16.0 Å². The third kappa shape index (κ3) is 3.87. The molecule has 0 radical (unpaired) electrons. The van der Waals surface area contributed by atoms with E-state index in [1.54, 1.807) is 0 Å². The molecule has 0 atom stereocenters. The van der Waals surface area contributed by atoms with E-state index in [2.05, 4.69) is 4.72 Å². The van der Waals surface area contributed by atoms with Crippen LogP contribution in [0.25, 0.3) is 0 Å². The van der Waals surface area contributed by atoms with Crippen molar-refractivity contribution in [2.45, 2.75) is 31.7 Å². The first-order valence-corrected chi connectivity index (χ1v) is 7.32. The summed E-state index contributed by atoms with van der Waals surface area (Å²) in [5.41, 5.74) is 3.74. The Labute approximate surface area is 120 Å². The van der Waals surface area contributed by atoms with Crippen LogP contribution in [0.3, 0.4) is 0 Å². The standard InChI is InChI=1S/C12H16F3N3O2S/c1-11(2,3)21(19,20)18-9-5-4-7(12(13,14)15)6-8(9)10(16)17/h4-6,18H,1-3H3,(H3,16,17). The minimum atomic E-state index is -4.61. The monoisotopic (exact) mass is 323 g/mol. The van der Waals surface area contributed by atoms with Gasteiger partial charge in [0, 0.05) is 5.56 Å². The van der Waals surface area contributed by atoms with Crippen molar-refractivity contribution in [3.63, 3.8) is 0 Å². The summed E-state index contributed by atoms with van der Waals surface area (Å²) in [5, 5.41) is 7.32. The van der Waals surface area contributed by atoms with E-state index in [9.17, 15) is 21.6 Å². The fourth-order valence-electron chi connectivity index (χ4n) is 1.33. The van der Waals surface area contributed by atoms with E-state index < -0.39 is 32.3 Å². The molecule has 0 heterocycles. The van der Waals surface area contributed by atoms with Gasteiger partial charge in [-0.2, -0.15) is 13.2 Å². The molecule has 0 aliphatic carbocycles. The molecular formula is C12H16F3N3O2S. The lowest BCUT2D eigenvalue weighted by Crippen LogP contribution is -2.34. The minimum absolute atomic E-state index is 0.162. The average molecular weight is 323 g/mol. The summed E-state index contributed by atoms with van der Waals surface area (Å²) < 4.78 is 63.0. The highest BCUT2D eigenvalue weighted by atomic mass is 32.2. The van der Waals surface area contributed by atoms with Crippen LogP contribution in [0.2, 0.25) is 0 Å². The molecule has 9 heteroatoms. The Morgan fingerprint density at radius 1 is 1.24 bits per heavy atom. The van der Waals surface area contributed by atoms with Crippen LogP contribution in [-0.4, -0.2) is 19.0 Å².